The largest absolute Gasteiger partial charge is 0.464 e. The molecule has 0 unspecified atom stereocenters. The number of hydrogen-bond donors (Lipinski definition) is 1. The number of hydrogen-bond acceptors (Lipinski definition) is 5. The number of aryl methyl sites for hydroxylation is 1. The van der Waals surface area contributed by atoms with Crippen LogP contribution in [0.3, 0.4) is 0 Å². The monoisotopic (exact) mass is 499 g/mol. The summed E-state index contributed by atoms with van der Waals surface area (Å²) >= 11 is 1.56. The van der Waals surface area contributed by atoms with Gasteiger partial charge in [0.25, 0.3) is 11.8 Å². The number of likely N-dealkylation sites (tertiary alicyclic amines) is 1. The fourth-order valence-corrected chi connectivity index (χ4v) is 6.98. The molecule has 2 fully saturated rings. The molecule has 1 N–H and O–H groups in total. The van der Waals surface area contributed by atoms with E-state index in [4.69, 9.17) is 4.42 Å². The molecule has 0 bridgehead atoms. The van der Waals surface area contributed by atoms with Crippen LogP contribution in [-0.2, 0) is 0 Å². The van der Waals surface area contributed by atoms with Crippen molar-refractivity contribution >= 4 is 34.1 Å². The Morgan fingerprint density at radius 2 is 1.92 bits per heavy atom. The van der Waals surface area contributed by atoms with E-state index in [9.17, 15) is 9.59 Å². The van der Waals surface area contributed by atoms with Crippen molar-refractivity contribution in [2.24, 2.45) is 11.8 Å². The van der Waals surface area contributed by atoms with Crippen LogP contribution in [0.25, 0.3) is 21.4 Å². The van der Waals surface area contributed by atoms with Gasteiger partial charge >= 0.3 is 0 Å². The van der Waals surface area contributed by atoms with Crippen LogP contribution < -0.4 is 5.32 Å². The van der Waals surface area contributed by atoms with Crippen LogP contribution in [0.4, 0.5) is 0 Å². The van der Waals surface area contributed by atoms with Crippen LogP contribution in [0, 0.1) is 18.8 Å². The molecular formula is C29H29N3O3S. The summed E-state index contributed by atoms with van der Waals surface area (Å²) in [7, 11) is 0. The Labute approximate surface area is 214 Å². The normalized spacial score (nSPS) is 21.5. The van der Waals surface area contributed by atoms with Crippen molar-refractivity contribution in [3.63, 3.8) is 0 Å². The van der Waals surface area contributed by atoms with Crippen LogP contribution in [0.1, 0.15) is 51.5 Å². The first kappa shape index (κ1) is 23.0. The zero-order chi connectivity index (χ0) is 24.6. The lowest BCUT2D eigenvalue weighted by molar-refractivity contribution is 0.0699. The minimum Gasteiger partial charge on any atom is -0.464 e. The number of nitrogens with one attached hydrogen (secondary N) is 1. The molecule has 1 saturated heterocycles. The second kappa shape index (κ2) is 9.54. The maximum Gasteiger partial charge on any atom is 0.274 e. The number of fused-ring (bicyclic) bond motifs is 2. The maximum absolute atomic E-state index is 14.0. The van der Waals surface area contributed by atoms with Crippen molar-refractivity contribution in [3.05, 3.63) is 77.1 Å². The molecule has 1 aliphatic carbocycles. The number of rotatable bonds is 5. The van der Waals surface area contributed by atoms with Crippen molar-refractivity contribution in [1.82, 2.24) is 15.2 Å². The van der Waals surface area contributed by atoms with E-state index in [0.717, 1.165) is 40.2 Å². The number of thiazole rings is 1. The van der Waals surface area contributed by atoms with Crippen molar-refractivity contribution in [1.29, 1.82) is 0 Å². The summed E-state index contributed by atoms with van der Waals surface area (Å²) in [5, 5.41) is 4.83. The molecular weight excluding hydrogens is 470 g/mol. The number of carbonyl (C=O) groups is 2. The molecule has 2 aromatic carbocycles. The van der Waals surface area contributed by atoms with E-state index in [0.29, 0.717) is 35.2 Å². The van der Waals surface area contributed by atoms with Gasteiger partial charge in [-0.3, -0.25) is 9.59 Å². The number of carbonyl (C=O) groups excluding carboxylic acids is 2. The summed E-state index contributed by atoms with van der Waals surface area (Å²) in [5.41, 5.74) is 2.83. The lowest BCUT2D eigenvalue weighted by atomic mass is 9.78. The average molecular weight is 500 g/mol. The van der Waals surface area contributed by atoms with Crippen LogP contribution in [-0.4, -0.2) is 40.8 Å². The van der Waals surface area contributed by atoms with Gasteiger partial charge in [0.05, 0.1) is 27.8 Å². The zero-order valence-electron chi connectivity index (χ0n) is 20.3. The molecule has 184 valence electrons. The number of aromatic nitrogens is 1. The van der Waals surface area contributed by atoms with Gasteiger partial charge in [-0.2, -0.15) is 0 Å². The Balaban J connectivity index is 1.28. The van der Waals surface area contributed by atoms with Crippen molar-refractivity contribution in [2.45, 2.75) is 38.6 Å². The van der Waals surface area contributed by atoms with E-state index >= 15 is 0 Å². The third-order valence-corrected chi connectivity index (χ3v) is 8.76. The molecule has 7 heteroatoms. The molecule has 2 aliphatic rings. The summed E-state index contributed by atoms with van der Waals surface area (Å²) in [5.74, 6) is 0.710. The topological polar surface area (TPSA) is 75.4 Å². The predicted molar refractivity (Wildman–Crippen MR) is 141 cm³/mol. The van der Waals surface area contributed by atoms with E-state index in [2.05, 4.69) is 10.3 Å². The lowest BCUT2D eigenvalue weighted by Gasteiger charge is -2.30. The number of benzene rings is 2. The second-order valence-corrected chi connectivity index (χ2v) is 11.1. The van der Waals surface area contributed by atoms with Crippen LogP contribution in [0.5, 0.6) is 0 Å². The molecule has 3 atom stereocenters. The van der Waals surface area contributed by atoms with Gasteiger partial charge in [-0.25, -0.2) is 4.98 Å². The van der Waals surface area contributed by atoms with Gasteiger partial charge in [0.15, 0.2) is 0 Å². The zero-order valence-corrected chi connectivity index (χ0v) is 21.1. The fourth-order valence-electron chi connectivity index (χ4n) is 6.06. The molecule has 0 radical (unpaired) electrons. The molecule has 1 saturated carbocycles. The van der Waals surface area contributed by atoms with Gasteiger partial charge in [0.1, 0.15) is 11.3 Å². The summed E-state index contributed by atoms with van der Waals surface area (Å²) in [6, 6.07) is 17.3. The highest BCUT2D eigenvalue weighted by atomic mass is 32.1. The summed E-state index contributed by atoms with van der Waals surface area (Å²) in [4.78, 5) is 34.8. The molecule has 2 amide bonds. The highest BCUT2D eigenvalue weighted by Crippen LogP contribution is 2.42. The summed E-state index contributed by atoms with van der Waals surface area (Å²) < 4.78 is 5.47. The van der Waals surface area contributed by atoms with Gasteiger partial charge in [-0.05, 0) is 55.4 Å². The van der Waals surface area contributed by atoms with Crippen LogP contribution >= 0.6 is 11.3 Å². The van der Waals surface area contributed by atoms with Gasteiger partial charge in [-0.1, -0.05) is 49.2 Å². The molecule has 3 heterocycles. The van der Waals surface area contributed by atoms with E-state index in [-0.39, 0.29) is 17.9 Å². The smallest absolute Gasteiger partial charge is 0.274 e. The summed E-state index contributed by atoms with van der Waals surface area (Å²) in [6.07, 6.45) is 6.21. The first-order chi connectivity index (χ1) is 17.6. The van der Waals surface area contributed by atoms with E-state index in [1.807, 2.05) is 66.4 Å². The van der Waals surface area contributed by atoms with Crippen LogP contribution in [0.15, 0.2) is 65.3 Å². The second-order valence-electron chi connectivity index (χ2n) is 9.86. The molecule has 2 aromatic heterocycles. The number of furan rings is 1. The Hall–Kier alpha value is -3.45. The standard InChI is InChI=1S/C29H29N3O3S/c1-18-31-26(27(36-18)19-8-3-2-4-9-19)29(34)32-17-20-10-5-6-11-21(20)24(32)16-30-28(33)23-12-7-13-25-22(23)14-15-35-25/h2-4,7-9,12-15,20-21,24H,5-6,10-11,16-17H2,1H3,(H,30,33)/t20-,21+,24-/m1/s1. The Kier molecular flexibility index (Phi) is 6.09. The van der Waals surface area contributed by atoms with Crippen LogP contribution in [0.2, 0.25) is 0 Å². The minimum atomic E-state index is -0.136. The molecule has 0 spiro atoms. The highest BCUT2D eigenvalue weighted by Gasteiger charge is 2.45. The van der Waals surface area contributed by atoms with Crippen molar-refractivity contribution in [2.75, 3.05) is 13.1 Å². The quantitative estimate of drug-likeness (QED) is 0.370. The van der Waals surface area contributed by atoms with Gasteiger partial charge in [-0.15, -0.1) is 11.3 Å². The fraction of sp³-hybridized carbons (Fsp3) is 0.345. The van der Waals surface area contributed by atoms with E-state index in [1.165, 1.54) is 12.8 Å². The van der Waals surface area contributed by atoms with Gasteiger partial charge in [0.2, 0.25) is 0 Å². The predicted octanol–water partition coefficient (Wildman–Crippen LogP) is 5.93. The number of amides is 2. The molecule has 1 aliphatic heterocycles. The SMILES string of the molecule is Cc1nc(C(=O)N2C[C@H]3CCCC[C@@H]3[C@H]2CNC(=O)c2cccc3occc23)c(-c2ccccc2)s1. The molecule has 36 heavy (non-hydrogen) atoms. The minimum absolute atomic E-state index is 0.0243. The number of nitrogens with zero attached hydrogens (tertiary/aromatic N) is 2. The first-order valence-electron chi connectivity index (χ1n) is 12.7. The molecule has 6 nitrogen and oxygen atoms in total. The van der Waals surface area contributed by atoms with Gasteiger partial charge < -0.3 is 14.6 Å². The molecule has 6 rings (SSSR count). The van der Waals surface area contributed by atoms with Crippen molar-refractivity contribution in [3.8, 4) is 10.4 Å². The highest BCUT2D eigenvalue weighted by molar-refractivity contribution is 7.15. The Bertz CT molecular complexity index is 1410. The maximum atomic E-state index is 14.0. The van der Waals surface area contributed by atoms with E-state index < -0.39 is 0 Å². The summed E-state index contributed by atoms with van der Waals surface area (Å²) in [6.45, 7) is 3.11. The third-order valence-electron chi connectivity index (χ3n) is 7.74. The first-order valence-corrected chi connectivity index (χ1v) is 13.5. The Morgan fingerprint density at radius 1 is 1.08 bits per heavy atom. The van der Waals surface area contributed by atoms with Gasteiger partial charge in [0, 0.05) is 18.5 Å². The van der Waals surface area contributed by atoms with Crippen molar-refractivity contribution < 1.29 is 14.0 Å². The molecule has 4 aromatic rings. The third kappa shape index (κ3) is 4.11. The van der Waals surface area contributed by atoms with E-state index in [1.54, 1.807) is 17.6 Å². The lowest BCUT2D eigenvalue weighted by Crippen LogP contribution is -2.46. The Morgan fingerprint density at radius 3 is 2.78 bits per heavy atom. The average Bonchev–Trinajstić information content (AvgIpc) is 3.64.